The summed E-state index contributed by atoms with van der Waals surface area (Å²) in [7, 11) is 1.34. The zero-order chi connectivity index (χ0) is 23.4. The van der Waals surface area contributed by atoms with E-state index >= 15 is 4.39 Å². The monoisotopic (exact) mass is 483 g/mol. The van der Waals surface area contributed by atoms with Gasteiger partial charge in [-0.15, -0.1) is 0 Å². The van der Waals surface area contributed by atoms with Crippen molar-refractivity contribution in [3.05, 3.63) is 40.8 Å². The van der Waals surface area contributed by atoms with Crippen molar-refractivity contribution in [2.75, 3.05) is 44.9 Å². The smallest absolute Gasteiger partial charge is 0.418 e. The lowest BCUT2D eigenvalue weighted by Crippen LogP contribution is -2.70. The van der Waals surface area contributed by atoms with E-state index in [0.717, 1.165) is 12.1 Å². The highest BCUT2D eigenvalue weighted by atomic mass is 35.5. The van der Waals surface area contributed by atoms with Gasteiger partial charge in [0, 0.05) is 31.4 Å². The van der Waals surface area contributed by atoms with Gasteiger partial charge in [-0.2, -0.15) is 23.1 Å². The molecule has 33 heavy (non-hydrogen) atoms. The Morgan fingerprint density at radius 3 is 2.70 bits per heavy atom. The van der Waals surface area contributed by atoms with Gasteiger partial charge in [-0.25, -0.2) is 4.39 Å². The maximum absolute atomic E-state index is 15.7. The number of ether oxygens (including phenoxy) is 2. The van der Waals surface area contributed by atoms with Gasteiger partial charge in [-0.1, -0.05) is 23.7 Å². The molecule has 5 rings (SSSR count). The second-order valence-corrected chi connectivity index (χ2v) is 8.41. The van der Waals surface area contributed by atoms with E-state index in [9.17, 15) is 13.2 Å². The minimum absolute atomic E-state index is 0.104. The van der Waals surface area contributed by atoms with Crippen molar-refractivity contribution < 1.29 is 27.0 Å². The minimum atomic E-state index is -4.80. The lowest BCUT2D eigenvalue weighted by molar-refractivity contribution is -0.137. The molecule has 2 aliphatic rings. The van der Waals surface area contributed by atoms with Gasteiger partial charge in [-0.3, -0.25) is 4.98 Å². The van der Waals surface area contributed by atoms with Gasteiger partial charge in [0.15, 0.2) is 5.82 Å². The number of aromatic nitrogens is 3. The van der Waals surface area contributed by atoms with E-state index in [-0.39, 0.29) is 22.5 Å². The van der Waals surface area contributed by atoms with Crippen LogP contribution in [0.5, 0.6) is 6.01 Å². The molecule has 2 fully saturated rings. The van der Waals surface area contributed by atoms with Crippen LogP contribution in [0.1, 0.15) is 5.56 Å². The van der Waals surface area contributed by atoms with Crippen LogP contribution in [0.3, 0.4) is 0 Å². The number of methoxy groups -OCH3 is 1. The molecule has 0 saturated carbocycles. The maximum Gasteiger partial charge on any atom is 0.418 e. The molecule has 0 unspecified atom stereocenters. The summed E-state index contributed by atoms with van der Waals surface area (Å²) in [5, 5.41) is 3.15. The third-order valence-corrected chi connectivity index (χ3v) is 6.12. The SMILES string of the molecule is COc1nc(N2CCNC3(COC3)C2)c2cnc(-c3cccc(Cl)c3C(F)(F)F)c(F)c2n1. The molecule has 0 radical (unpaired) electrons. The van der Waals surface area contributed by atoms with Gasteiger partial charge in [0.1, 0.15) is 17.0 Å². The molecule has 2 aliphatic heterocycles. The van der Waals surface area contributed by atoms with Gasteiger partial charge in [0.25, 0.3) is 0 Å². The van der Waals surface area contributed by atoms with Gasteiger partial charge in [0.2, 0.25) is 0 Å². The Hall–Kier alpha value is -2.76. The predicted octanol–water partition coefficient (Wildman–Crippen LogP) is 3.69. The molecule has 0 atom stereocenters. The van der Waals surface area contributed by atoms with E-state index in [1.807, 2.05) is 4.90 Å². The van der Waals surface area contributed by atoms with E-state index in [4.69, 9.17) is 21.1 Å². The van der Waals surface area contributed by atoms with Crippen molar-refractivity contribution >= 4 is 28.3 Å². The van der Waals surface area contributed by atoms with Crippen LogP contribution in [0.15, 0.2) is 24.4 Å². The molecule has 7 nitrogen and oxygen atoms in total. The first kappa shape index (κ1) is 22.1. The van der Waals surface area contributed by atoms with Crippen LogP contribution in [0.2, 0.25) is 5.02 Å². The quantitative estimate of drug-likeness (QED) is 0.570. The van der Waals surface area contributed by atoms with Crippen LogP contribution in [-0.2, 0) is 10.9 Å². The summed E-state index contributed by atoms with van der Waals surface area (Å²) in [4.78, 5) is 14.5. The Morgan fingerprint density at radius 2 is 2.03 bits per heavy atom. The van der Waals surface area contributed by atoms with Crippen molar-refractivity contribution in [2.45, 2.75) is 11.7 Å². The number of anilines is 1. The van der Waals surface area contributed by atoms with Gasteiger partial charge < -0.3 is 19.7 Å². The molecule has 12 heteroatoms. The molecule has 1 spiro atoms. The summed E-state index contributed by atoms with van der Waals surface area (Å²) >= 11 is 5.82. The molecule has 0 aliphatic carbocycles. The van der Waals surface area contributed by atoms with Crippen LogP contribution in [-0.4, -0.2) is 60.4 Å². The number of alkyl halides is 3. The number of hydrogen-bond donors (Lipinski definition) is 1. The van der Waals surface area contributed by atoms with Crippen molar-refractivity contribution in [1.82, 2.24) is 20.3 Å². The second-order valence-electron chi connectivity index (χ2n) is 8.00. The number of fused-ring (bicyclic) bond motifs is 1. The van der Waals surface area contributed by atoms with Crippen molar-refractivity contribution in [3.8, 4) is 17.3 Å². The lowest BCUT2D eigenvalue weighted by Gasteiger charge is -2.49. The number of halogens is 5. The van der Waals surface area contributed by atoms with Crippen LogP contribution in [0, 0.1) is 5.82 Å². The topological polar surface area (TPSA) is 72.4 Å². The van der Waals surface area contributed by atoms with Crippen LogP contribution >= 0.6 is 11.6 Å². The number of benzene rings is 1. The second kappa shape index (κ2) is 7.93. The summed E-state index contributed by atoms with van der Waals surface area (Å²) in [6.07, 6.45) is -3.51. The third-order valence-electron chi connectivity index (χ3n) is 5.81. The number of pyridine rings is 1. The lowest BCUT2D eigenvalue weighted by atomic mass is 9.94. The Kier molecular flexibility index (Phi) is 5.30. The van der Waals surface area contributed by atoms with Crippen molar-refractivity contribution in [1.29, 1.82) is 0 Å². The highest BCUT2D eigenvalue weighted by molar-refractivity contribution is 6.31. The van der Waals surface area contributed by atoms with E-state index in [1.54, 1.807) is 0 Å². The first-order valence-corrected chi connectivity index (χ1v) is 10.4. The molecule has 1 N–H and O–H groups in total. The molecular formula is C21H18ClF4N5O2. The predicted molar refractivity (Wildman–Crippen MR) is 113 cm³/mol. The molecule has 174 valence electrons. The van der Waals surface area contributed by atoms with Gasteiger partial charge in [0.05, 0.1) is 41.8 Å². The first-order valence-electron chi connectivity index (χ1n) is 10.1. The number of nitrogens with zero attached hydrogens (tertiary/aromatic N) is 4. The Labute approximate surface area is 190 Å². The summed E-state index contributed by atoms with van der Waals surface area (Å²) in [5.74, 6) is -0.622. The fourth-order valence-electron chi connectivity index (χ4n) is 4.23. The maximum atomic E-state index is 15.7. The molecule has 2 saturated heterocycles. The molecule has 1 aromatic carbocycles. The molecule has 3 aromatic rings. The summed E-state index contributed by atoms with van der Waals surface area (Å²) in [5.41, 5.74) is -2.55. The molecule has 4 heterocycles. The summed E-state index contributed by atoms with van der Waals surface area (Å²) in [6.45, 7) is 2.86. The highest BCUT2D eigenvalue weighted by Gasteiger charge is 2.43. The van der Waals surface area contributed by atoms with Crippen molar-refractivity contribution in [2.24, 2.45) is 0 Å². The average molecular weight is 484 g/mol. The molecule has 0 bridgehead atoms. The zero-order valence-corrected chi connectivity index (χ0v) is 18.1. The first-order chi connectivity index (χ1) is 15.7. The van der Waals surface area contributed by atoms with E-state index in [0.29, 0.717) is 38.7 Å². The third kappa shape index (κ3) is 3.73. The Bertz CT molecular complexity index is 1240. The fourth-order valence-corrected chi connectivity index (χ4v) is 4.51. The van der Waals surface area contributed by atoms with Crippen molar-refractivity contribution in [3.63, 3.8) is 0 Å². The Balaban J connectivity index is 1.68. The minimum Gasteiger partial charge on any atom is -0.467 e. The fraction of sp³-hybridized carbons (Fsp3) is 0.381. The normalized spacial score (nSPS) is 17.9. The molecular weight excluding hydrogens is 466 g/mol. The molecule has 0 amide bonds. The standard InChI is InChI=1S/C21H18ClF4N5O2/c1-32-19-29-17-12(18(30-19)31-6-5-28-20(8-31)9-33-10-20)7-27-16(15(17)23)11-3-2-4-13(22)14(11)21(24,25)26/h2-4,7,28H,5-6,8-10H2,1H3. The highest BCUT2D eigenvalue weighted by Crippen LogP contribution is 2.42. The van der Waals surface area contributed by atoms with Gasteiger partial charge in [-0.05, 0) is 6.07 Å². The average Bonchev–Trinajstić information content (AvgIpc) is 2.77. The number of nitrogens with one attached hydrogen (secondary N) is 1. The zero-order valence-electron chi connectivity index (χ0n) is 17.3. The Morgan fingerprint density at radius 1 is 1.24 bits per heavy atom. The van der Waals surface area contributed by atoms with Gasteiger partial charge >= 0.3 is 12.2 Å². The van der Waals surface area contributed by atoms with Crippen LogP contribution in [0.4, 0.5) is 23.4 Å². The van der Waals surface area contributed by atoms with Crippen LogP contribution in [0.25, 0.3) is 22.2 Å². The summed E-state index contributed by atoms with van der Waals surface area (Å²) in [6, 6.07) is 3.43. The van der Waals surface area contributed by atoms with E-state index in [2.05, 4.69) is 20.3 Å². The summed E-state index contributed by atoms with van der Waals surface area (Å²) < 4.78 is 67.2. The van der Waals surface area contributed by atoms with E-state index < -0.39 is 33.8 Å². The number of piperazine rings is 1. The largest absolute Gasteiger partial charge is 0.467 e. The number of rotatable bonds is 3. The number of hydrogen-bond acceptors (Lipinski definition) is 7. The van der Waals surface area contributed by atoms with Crippen LogP contribution < -0.4 is 15.0 Å². The van der Waals surface area contributed by atoms with E-state index in [1.165, 1.54) is 19.4 Å². The molecule has 2 aromatic heterocycles.